The molecule has 1 fully saturated rings. The van der Waals surface area contributed by atoms with Crippen molar-refractivity contribution in [2.24, 2.45) is 0 Å². The van der Waals surface area contributed by atoms with Crippen LogP contribution in [-0.2, 0) is 4.79 Å². The summed E-state index contributed by atoms with van der Waals surface area (Å²) in [5, 5.41) is 2.69. The summed E-state index contributed by atoms with van der Waals surface area (Å²) < 4.78 is 1.11. The molecule has 1 aromatic rings. The third kappa shape index (κ3) is 3.01. The average Bonchev–Trinajstić information content (AvgIpc) is 2.41. The predicted octanol–water partition coefficient (Wildman–Crippen LogP) is 1.95. The van der Waals surface area contributed by atoms with Crippen molar-refractivity contribution in [2.45, 2.75) is 31.7 Å². The van der Waals surface area contributed by atoms with Gasteiger partial charge in [0.15, 0.2) is 5.78 Å². The molecule has 2 rings (SSSR count). The maximum Gasteiger partial charge on any atom is 0.333 e. The largest absolute Gasteiger partial charge is 0.333 e. The van der Waals surface area contributed by atoms with Gasteiger partial charge in [-0.3, -0.25) is 4.79 Å². The zero-order chi connectivity index (χ0) is 13.0. The standard InChI is InChI=1S/C12H15N3O2S/c16-10-6-2-1-5-9(10)14-12(17)15(18)11-7-3-4-8-13-11/h3-4,7-9,18H,1-2,5-6H2,(H,14,17). The van der Waals surface area contributed by atoms with Crippen molar-refractivity contribution >= 4 is 30.4 Å². The molecule has 0 aromatic carbocycles. The van der Waals surface area contributed by atoms with Gasteiger partial charge in [0.05, 0.1) is 6.04 Å². The second-order valence-corrected chi connectivity index (χ2v) is 4.61. The minimum atomic E-state index is -0.419. The molecule has 1 aromatic heterocycles. The van der Waals surface area contributed by atoms with Gasteiger partial charge in [0.1, 0.15) is 5.82 Å². The van der Waals surface area contributed by atoms with E-state index in [0.717, 1.165) is 17.1 Å². The molecule has 0 spiro atoms. The summed E-state index contributed by atoms with van der Waals surface area (Å²) >= 11 is 4.09. The fourth-order valence-electron chi connectivity index (χ4n) is 1.93. The number of thiol groups is 1. The molecule has 1 heterocycles. The van der Waals surface area contributed by atoms with Crippen LogP contribution in [0, 0.1) is 0 Å². The Kier molecular flexibility index (Phi) is 4.19. The van der Waals surface area contributed by atoms with Crippen molar-refractivity contribution in [2.75, 3.05) is 4.31 Å². The lowest BCUT2D eigenvalue weighted by atomic mass is 9.94. The van der Waals surface area contributed by atoms with Gasteiger partial charge in [-0.25, -0.2) is 14.1 Å². The molecule has 1 N–H and O–H groups in total. The van der Waals surface area contributed by atoms with Crippen LogP contribution in [0.2, 0.25) is 0 Å². The van der Waals surface area contributed by atoms with Crippen LogP contribution in [-0.4, -0.2) is 22.8 Å². The Morgan fingerprint density at radius 1 is 1.44 bits per heavy atom. The summed E-state index contributed by atoms with van der Waals surface area (Å²) in [4.78, 5) is 27.5. The molecule has 1 unspecified atom stereocenters. The van der Waals surface area contributed by atoms with Gasteiger partial charge < -0.3 is 5.32 Å². The summed E-state index contributed by atoms with van der Waals surface area (Å²) in [5.74, 6) is 0.527. The number of anilines is 1. The van der Waals surface area contributed by atoms with Crippen LogP contribution in [0.25, 0.3) is 0 Å². The number of carbonyl (C=O) groups is 2. The number of rotatable bonds is 2. The molecule has 0 saturated heterocycles. The maximum absolute atomic E-state index is 11.9. The first-order chi connectivity index (χ1) is 8.68. The van der Waals surface area contributed by atoms with Crippen molar-refractivity contribution < 1.29 is 9.59 Å². The van der Waals surface area contributed by atoms with Crippen LogP contribution in [0.4, 0.5) is 10.6 Å². The number of aromatic nitrogens is 1. The summed E-state index contributed by atoms with van der Waals surface area (Å²) in [6, 6.07) is 4.40. The predicted molar refractivity (Wildman–Crippen MR) is 71.5 cm³/mol. The minimum Gasteiger partial charge on any atom is -0.327 e. The maximum atomic E-state index is 11.9. The molecule has 0 aliphatic heterocycles. The Morgan fingerprint density at radius 3 is 2.94 bits per heavy atom. The zero-order valence-corrected chi connectivity index (χ0v) is 10.8. The van der Waals surface area contributed by atoms with Crippen molar-refractivity contribution in [1.82, 2.24) is 10.3 Å². The number of hydrogen-bond acceptors (Lipinski definition) is 4. The molecular formula is C12H15N3O2S. The molecule has 96 valence electrons. The first-order valence-electron chi connectivity index (χ1n) is 5.92. The Hall–Kier alpha value is -1.56. The van der Waals surface area contributed by atoms with Crippen LogP contribution in [0.3, 0.4) is 0 Å². The number of amides is 2. The summed E-state index contributed by atoms with van der Waals surface area (Å²) in [6.07, 6.45) is 4.70. The van der Waals surface area contributed by atoms with Gasteiger partial charge in [0.25, 0.3) is 0 Å². The lowest BCUT2D eigenvalue weighted by molar-refractivity contribution is -0.122. The number of carbonyl (C=O) groups excluding carboxylic acids is 2. The molecule has 1 aliphatic carbocycles. The lowest BCUT2D eigenvalue weighted by Gasteiger charge is -2.24. The Labute approximate surface area is 111 Å². The number of urea groups is 1. The van der Waals surface area contributed by atoms with Gasteiger partial charge in [-0.2, -0.15) is 0 Å². The fraction of sp³-hybridized carbons (Fsp3) is 0.417. The van der Waals surface area contributed by atoms with E-state index < -0.39 is 6.03 Å². The summed E-state index contributed by atoms with van der Waals surface area (Å²) in [6.45, 7) is 0. The van der Waals surface area contributed by atoms with E-state index in [1.165, 1.54) is 0 Å². The Morgan fingerprint density at radius 2 is 2.28 bits per heavy atom. The quantitative estimate of drug-likeness (QED) is 0.803. The third-order valence-electron chi connectivity index (χ3n) is 2.91. The molecule has 2 amide bonds. The molecule has 6 heteroatoms. The normalized spacial score (nSPS) is 19.4. The van der Waals surface area contributed by atoms with Crippen molar-refractivity contribution in [3.63, 3.8) is 0 Å². The zero-order valence-electron chi connectivity index (χ0n) is 9.87. The van der Waals surface area contributed by atoms with Crippen molar-refractivity contribution in [3.8, 4) is 0 Å². The number of ketones is 1. The van der Waals surface area contributed by atoms with Gasteiger partial charge >= 0.3 is 6.03 Å². The fourth-order valence-corrected chi connectivity index (χ4v) is 2.10. The van der Waals surface area contributed by atoms with Gasteiger partial charge in [-0.05, 0) is 25.0 Å². The Balaban J connectivity index is 1.97. The molecule has 1 atom stereocenters. The smallest absolute Gasteiger partial charge is 0.327 e. The number of Topliss-reactive ketones (excluding diaryl/α,β-unsaturated/α-hetero) is 1. The molecule has 0 bridgehead atoms. The van der Waals surface area contributed by atoms with E-state index in [1.807, 2.05) is 0 Å². The molecule has 0 radical (unpaired) electrons. The van der Waals surface area contributed by atoms with Gasteiger partial charge in [-0.15, -0.1) is 0 Å². The van der Waals surface area contributed by atoms with Crippen LogP contribution in [0.15, 0.2) is 24.4 Å². The number of nitrogens with zero attached hydrogens (tertiary/aromatic N) is 2. The van der Waals surface area contributed by atoms with Gasteiger partial charge in [0.2, 0.25) is 0 Å². The number of hydrogen-bond donors (Lipinski definition) is 2. The average molecular weight is 265 g/mol. The van der Waals surface area contributed by atoms with Crippen LogP contribution < -0.4 is 9.62 Å². The van der Waals surface area contributed by atoms with Crippen molar-refractivity contribution in [3.05, 3.63) is 24.4 Å². The topological polar surface area (TPSA) is 62.3 Å². The van der Waals surface area contributed by atoms with Gasteiger partial charge in [-0.1, -0.05) is 25.3 Å². The van der Waals surface area contributed by atoms with E-state index in [2.05, 4.69) is 23.1 Å². The highest BCUT2D eigenvalue weighted by Gasteiger charge is 2.25. The van der Waals surface area contributed by atoms with E-state index in [4.69, 9.17) is 0 Å². The summed E-state index contributed by atoms with van der Waals surface area (Å²) in [5.41, 5.74) is 0. The Bertz CT molecular complexity index is 438. The molecule has 5 nitrogen and oxygen atoms in total. The number of nitrogens with one attached hydrogen (secondary N) is 1. The number of pyridine rings is 1. The molecular weight excluding hydrogens is 250 g/mol. The highest BCUT2D eigenvalue weighted by Crippen LogP contribution is 2.16. The van der Waals surface area contributed by atoms with E-state index in [0.29, 0.717) is 18.7 Å². The second kappa shape index (κ2) is 5.86. The van der Waals surface area contributed by atoms with Crippen LogP contribution in [0.5, 0.6) is 0 Å². The molecule has 1 saturated carbocycles. The third-order valence-corrected chi connectivity index (χ3v) is 3.30. The molecule has 18 heavy (non-hydrogen) atoms. The van der Waals surface area contributed by atoms with E-state index in [-0.39, 0.29) is 11.8 Å². The highest BCUT2D eigenvalue weighted by molar-refractivity contribution is 7.82. The van der Waals surface area contributed by atoms with E-state index in [9.17, 15) is 9.59 Å². The highest BCUT2D eigenvalue weighted by atomic mass is 32.1. The summed E-state index contributed by atoms with van der Waals surface area (Å²) in [7, 11) is 0. The van der Waals surface area contributed by atoms with Crippen LogP contribution in [0.1, 0.15) is 25.7 Å². The monoisotopic (exact) mass is 265 g/mol. The first-order valence-corrected chi connectivity index (χ1v) is 6.32. The first kappa shape index (κ1) is 12.9. The van der Waals surface area contributed by atoms with E-state index in [1.54, 1.807) is 24.4 Å². The minimum absolute atomic E-state index is 0.0948. The lowest BCUT2D eigenvalue weighted by Crippen LogP contribution is -2.46. The second-order valence-electron chi connectivity index (χ2n) is 4.21. The van der Waals surface area contributed by atoms with Crippen LogP contribution >= 0.6 is 12.8 Å². The van der Waals surface area contributed by atoms with Gasteiger partial charge in [0, 0.05) is 12.6 Å². The SMILES string of the molecule is O=C1CCCCC1NC(=O)N(S)c1ccccn1. The van der Waals surface area contributed by atoms with Crippen molar-refractivity contribution in [1.29, 1.82) is 0 Å². The molecule has 1 aliphatic rings. The van der Waals surface area contributed by atoms with E-state index >= 15 is 0 Å².